The molecule has 2 aromatic heterocycles. The Morgan fingerprint density at radius 1 is 1.47 bits per heavy atom. The normalized spacial score (nSPS) is 15.7. The molecule has 2 aromatic rings. The second kappa shape index (κ2) is 5.47. The van der Waals surface area contributed by atoms with Gasteiger partial charge >= 0.3 is 0 Å². The fraction of sp³-hybridized carbons (Fsp3) is 0.533. The van der Waals surface area contributed by atoms with E-state index in [4.69, 9.17) is 0 Å². The summed E-state index contributed by atoms with van der Waals surface area (Å²) in [7, 11) is 1.98. The fourth-order valence-electron chi connectivity index (χ4n) is 2.75. The molecule has 1 aliphatic rings. The summed E-state index contributed by atoms with van der Waals surface area (Å²) in [4.78, 5) is 3.05. The number of hydrogen-bond donors (Lipinski definition) is 1. The van der Waals surface area contributed by atoms with Gasteiger partial charge in [0.2, 0.25) is 0 Å². The smallest absolute Gasteiger partial charge is 0.0702 e. The molecule has 3 rings (SSSR count). The van der Waals surface area contributed by atoms with E-state index in [9.17, 15) is 0 Å². The number of fused-ring (bicyclic) bond motifs is 1. The minimum absolute atomic E-state index is 0.309. The van der Waals surface area contributed by atoms with Gasteiger partial charge in [-0.25, -0.2) is 0 Å². The number of thiophene rings is 1. The number of hydrogen-bond acceptors (Lipinski definition) is 3. The Labute approximate surface area is 118 Å². The minimum Gasteiger partial charge on any atom is -0.306 e. The highest BCUT2D eigenvalue weighted by atomic mass is 32.1. The maximum atomic E-state index is 4.32. The molecule has 1 atom stereocenters. The summed E-state index contributed by atoms with van der Waals surface area (Å²) >= 11 is 1.99. The summed E-state index contributed by atoms with van der Waals surface area (Å²) in [6.07, 6.45) is 9.13. The molecule has 1 unspecified atom stereocenters. The van der Waals surface area contributed by atoms with Crippen LogP contribution in [0.1, 0.15) is 46.7 Å². The molecule has 0 saturated carbocycles. The first kappa shape index (κ1) is 12.9. The number of rotatable bonds is 5. The molecule has 102 valence electrons. The van der Waals surface area contributed by atoms with Crippen molar-refractivity contribution in [3.63, 3.8) is 0 Å². The third kappa shape index (κ3) is 2.60. The Bertz CT molecular complexity index is 534. The van der Waals surface area contributed by atoms with Gasteiger partial charge in [-0.05, 0) is 43.9 Å². The van der Waals surface area contributed by atoms with Crippen molar-refractivity contribution >= 4 is 11.3 Å². The first-order valence-corrected chi connectivity index (χ1v) is 7.93. The number of aromatic nitrogens is 2. The van der Waals surface area contributed by atoms with Crippen LogP contribution < -0.4 is 5.32 Å². The molecule has 0 amide bonds. The van der Waals surface area contributed by atoms with Crippen LogP contribution in [0, 0.1) is 0 Å². The Balaban J connectivity index is 1.89. The Morgan fingerprint density at radius 2 is 2.37 bits per heavy atom. The maximum Gasteiger partial charge on any atom is 0.0702 e. The van der Waals surface area contributed by atoms with Crippen LogP contribution in [0.4, 0.5) is 0 Å². The van der Waals surface area contributed by atoms with Crippen LogP contribution in [0.15, 0.2) is 18.5 Å². The van der Waals surface area contributed by atoms with E-state index in [0.29, 0.717) is 6.04 Å². The van der Waals surface area contributed by atoms with E-state index in [0.717, 1.165) is 13.0 Å². The predicted molar refractivity (Wildman–Crippen MR) is 79.7 cm³/mol. The zero-order valence-electron chi connectivity index (χ0n) is 11.6. The summed E-state index contributed by atoms with van der Waals surface area (Å²) < 4.78 is 1.89. The van der Waals surface area contributed by atoms with Gasteiger partial charge in [-0.3, -0.25) is 4.68 Å². The maximum absolute atomic E-state index is 4.32. The molecule has 0 bridgehead atoms. The molecule has 0 aromatic carbocycles. The summed E-state index contributed by atoms with van der Waals surface area (Å²) in [6, 6.07) is 2.72. The van der Waals surface area contributed by atoms with Gasteiger partial charge in [-0.15, -0.1) is 11.3 Å². The molecular formula is C15H21N3S. The predicted octanol–water partition coefficient (Wildman–Crippen LogP) is 3.06. The van der Waals surface area contributed by atoms with Crippen LogP contribution in [-0.4, -0.2) is 16.3 Å². The van der Waals surface area contributed by atoms with Crippen molar-refractivity contribution in [1.82, 2.24) is 15.1 Å². The van der Waals surface area contributed by atoms with Crippen LogP contribution in [0.3, 0.4) is 0 Å². The van der Waals surface area contributed by atoms with Crippen LogP contribution >= 0.6 is 11.3 Å². The lowest BCUT2D eigenvalue weighted by molar-refractivity contribution is 0.605. The zero-order chi connectivity index (χ0) is 13.2. The van der Waals surface area contributed by atoms with Crippen LogP contribution in [0.2, 0.25) is 0 Å². The quantitative estimate of drug-likeness (QED) is 0.909. The van der Waals surface area contributed by atoms with Crippen LogP contribution in [0.25, 0.3) is 0 Å². The van der Waals surface area contributed by atoms with Gasteiger partial charge in [0.05, 0.1) is 12.2 Å². The highest BCUT2D eigenvalue weighted by Crippen LogP contribution is 2.35. The van der Waals surface area contributed by atoms with E-state index >= 15 is 0 Å². The Hall–Kier alpha value is -1.13. The van der Waals surface area contributed by atoms with Gasteiger partial charge in [-0.2, -0.15) is 5.10 Å². The first-order valence-electron chi connectivity index (χ1n) is 7.11. The van der Waals surface area contributed by atoms with Gasteiger partial charge in [0, 0.05) is 28.6 Å². The van der Waals surface area contributed by atoms with Crippen molar-refractivity contribution in [2.45, 2.75) is 38.6 Å². The van der Waals surface area contributed by atoms with Crippen molar-refractivity contribution in [2.75, 3.05) is 6.54 Å². The van der Waals surface area contributed by atoms with E-state index in [2.05, 4.69) is 29.6 Å². The lowest BCUT2D eigenvalue weighted by Gasteiger charge is -2.15. The molecule has 0 spiro atoms. The van der Waals surface area contributed by atoms with Gasteiger partial charge in [0.1, 0.15) is 0 Å². The molecule has 19 heavy (non-hydrogen) atoms. The summed E-state index contributed by atoms with van der Waals surface area (Å²) in [5.41, 5.74) is 2.85. The molecule has 1 aliphatic carbocycles. The third-order valence-corrected chi connectivity index (χ3v) is 5.01. The number of nitrogens with one attached hydrogen (secondary N) is 1. The van der Waals surface area contributed by atoms with Crippen molar-refractivity contribution in [2.24, 2.45) is 7.05 Å². The van der Waals surface area contributed by atoms with E-state index in [1.165, 1.54) is 29.7 Å². The first-order chi connectivity index (χ1) is 9.28. The van der Waals surface area contributed by atoms with Gasteiger partial charge < -0.3 is 5.32 Å². The van der Waals surface area contributed by atoms with E-state index < -0.39 is 0 Å². The molecule has 1 N–H and O–H groups in total. The van der Waals surface area contributed by atoms with Gasteiger partial charge in [-0.1, -0.05) is 6.92 Å². The van der Waals surface area contributed by atoms with Crippen molar-refractivity contribution in [3.05, 3.63) is 39.3 Å². The van der Waals surface area contributed by atoms with Gasteiger partial charge in [0.15, 0.2) is 0 Å². The number of aryl methyl sites for hydroxylation is 3. The number of nitrogens with zero attached hydrogens (tertiary/aromatic N) is 2. The molecule has 0 fully saturated rings. The lowest BCUT2D eigenvalue weighted by atomic mass is 10.1. The monoisotopic (exact) mass is 275 g/mol. The average Bonchev–Trinajstić information content (AvgIpc) is 3.05. The lowest BCUT2D eigenvalue weighted by Crippen LogP contribution is -2.22. The van der Waals surface area contributed by atoms with Gasteiger partial charge in [0.25, 0.3) is 0 Å². The highest BCUT2D eigenvalue weighted by molar-refractivity contribution is 7.12. The average molecular weight is 275 g/mol. The molecule has 0 aliphatic heterocycles. The third-order valence-electron chi connectivity index (χ3n) is 3.71. The van der Waals surface area contributed by atoms with E-state index in [1.807, 2.05) is 29.3 Å². The second-order valence-electron chi connectivity index (χ2n) is 5.29. The highest BCUT2D eigenvalue weighted by Gasteiger charge is 2.21. The molecule has 0 radical (unpaired) electrons. The van der Waals surface area contributed by atoms with Crippen molar-refractivity contribution in [3.8, 4) is 0 Å². The Kier molecular flexibility index (Phi) is 3.71. The molecule has 3 nitrogen and oxygen atoms in total. The molecule has 0 saturated heterocycles. The van der Waals surface area contributed by atoms with E-state index in [-0.39, 0.29) is 0 Å². The van der Waals surface area contributed by atoms with Crippen LogP contribution in [0.5, 0.6) is 0 Å². The topological polar surface area (TPSA) is 29.9 Å². The largest absolute Gasteiger partial charge is 0.306 e. The summed E-state index contributed by atoms with van der Waals surface area (Å²) in [5.74, 6) is 0. The zero-order valence-corrected chi connectivity index (χ0v) is 12.5. The van der Waals surface area contributed by atoms with Crippen molar-refractivity contribution < 1.29 is 0 Å². The SMILES string of the molecule is CCCNC(c1cnn(C)c1)c1cc2c(s1)CCC2. The standard InChI is InChI=1S/C15H21N3S/c1-3-7-16-15(12-9-17-18(2)10-12)14-8-11-5-4-6-13(11)19-14/h8-10,15-16H,3-7H2,1-2H3. The van der Waals surface area contributed by atoms with E-state index in [1.54, 1.807) is 10.4 Å². The fourth-order valence-corrected chi connectivity index (χ4v) is 4.12. The minimum atomic E-state index is 0.309. The second-order valence-corrected chi connectivity index (χ2v) is 6.45. The summed E-state index contributed by atoms with van der Waals surface area (Å²) in [5, 5.41) is 7.98. The summed E-state index contributed by atoms with van der Waals surface area (Å²) in [6.45, 7) is 3.25. The van der Waals surface area contributed by atoms with Crippen LogP contribution in [-0.2, 0) is 19.9 Å². The molecular weight excluding hydrogens is 254 g/mol. The van der Waals surface area contributed by atoms with Crippen molar-refractivity contribution in [1.29, 1.82) is 0 Å². The molecule has 2 heterocycles. The molecule has 4 heteroatoms. The Morgan fingerprint density at radius 3 is 3.05 bits per heavy atom.